The van der Waals surface area contributed by atoms with Crippen LogP contribution in [0.4, 0.5) is 0 Å². The van der Waals surface area contributed by atoms with Crippen molar-refractivity contribution in [3.8, 4) is 5.75 Å². The largest absolute Gasteiger partial charge is 0.484 e. The van der Waals surface area contributed by atoms with Gasteiger partial charge in [-0.05, 0) is 31.4 Å². The first-order chi connectivity index (χ1) is 10.2. The van der Waals surface area contributed by atoms with Crippen LogP contribution in [0.15, 0.2) is 30.3 Å². The Balaban J connectivity index is 2.07. The van der Waals surface area contributed by atoms with Crippen molar-refractivity contribution in [2.45, 2.75) is 51.8 Å². The highest BCUT2D eigenvalue weighted by molar-refractivity contribution is 5.79. The molecule has 116 valence electrons. The molecule has 21 heavy (non-hydrogen) atoms. The molecule has 1 atom stereocenters. The van der Waals surface area contributed by atoms with E-state index in [0.717, 1.165) is 25.0 Å². The van der Waals surface area contributed by atoms with Crippen LogP contribution in [0.1, 0.15) is 40.0 Å². The van der Waals surface area contributed by atoms with Gasteiger partial charge in [0.25, 0.3) is 5.91 Å². The van der Waals surface area contributed by atoms with Gasteiger partial charge in [0.15, 0.2) is 6.61 Å². The summed E-state index contributed by atoms with van der Waals surface area (Å²) in [5.41, 5.74) is -0.461. The molecule has 0 N–H and O–H groups in total. The van der Waals surface area contributed by atoms with Crippen LogP contribution in [-0.2, 0) is 9.53 Å². The average Bonchev–Trinajstić information content (AvgIpc) is 2.93. The molecule has 0 spiro atoms. The van der Waals surface area contributed by atoms with Gasteiger partial charge in [-0.2, -0.15) is 0 Å². The van der Waals surface area contributed by atoms with E-state index in [0.29, 0.717) is 6.61 Å². The first kappa shape index (κ1) is 15.8. The van der Waals surface area contributed by atoms with Crippen LogP contribution in [0, 0.1) is 0 Å². The monoisotopic (exact) mass is 291 g/mol. The van der Waals surface area contributed by atoms with Gasteiger partial charge >= 0.3 is 0 Å². The lowest BCUT2D eigenvalue weighted by Gasteiger charge is -2.38. The van der Waals surface area contributed by atoms with Gasteiger partial charge in [0.1, 0.15) is 11.5 Å². The zero-order valence-corrected chi connectivity index (χ0v) is 13.2. The zero-order chi connectivity index (χ0) is 15.3. The van der Waals surface area contributed by atoms with Crippen molar-refractivity contribution in [2.24, 2.45) is 0 Å². The maximum atomic E-state index is 12.6. The number of nitrogens with zero attached hydrogens (tertiary/aromatic N) is 1. The molecule has 0 saturated carbocycles. The fourth-order valence-corrected chi connectivity index (χ4v) is 2.99. The zero-order valence-electron chi connectivity index (χ0n) is 13.2. The molecule has 1 amide bonds. The summed E-state index contributed by atoms with van der Waals surface area (Å²) in [4.78, 5) is 14.6. The van der Waals surface area contributed by atoms with E-state index in [2.05, 4.69) is 20.8 Å². The lowest BCUT2D eigenvalue weighted by atomic mass is 10.0. The lowest BCUT2D eigenvalue weighted by Crippen LogP contribution is -2.52. The third-order valence-electron chi connectivity index (χ3n) is 4.30. The Morgan fingerprint density at radius 1 is 1.29 bits per heavy atom. The Hall–Kier alpha value is -1.55. The van der Waals surface area contributed by atoms with Crippen LogP contribution in [0.3, 0.4) is 0 Å². The second-order valence-corrected chi connectivity index (χ2v) is 5.39. The van der Waals surface area contributed by atoms with Crippen molar-refractivity contribution < 1.29 is 14.3 Å². The van der Waals surface area contributed by atoms with E-state index in [9.17, 15) is 4.79 Å². The maximum absolute atomic E-state index is 12.6. The number of para-hydroxylation sites is 1. The molecule has 1 aromatic rings. The van der Waals surface area contributed by atoms with Crippen LogP contribution in [0.5, 0.6) is 5.75 Å². The SMILES string of the molecule is CCC1COC(CC)(CC)N1C(=O)COc1ccccc1. The Morgan fingerprint density at radius 3 is 2.52 bits per heavy atom. The predicted octanol–water partition coefficient (Wildman–Crippen LogP) is 3.22. The van der Waals surface area contributed by atoms with Crippen molar-refractivity contribution in [3.63, 3.8) is 0 Å². The Labute approximate surface area is 127 Å². The van der Waals surface area contributed by atoms with E-state index < -0.39 is 5.72 Å². The number of benzene rings is 1. The van der Waals surface area contributed by atoms with Gasteiger partial charge in [-0.1, -0.05) is 39.0 Å². The topological polar surface area (TPSA) is 38.8 Å². The number of carbonyl (C=O) groups excluding carboxylic acids is 1. The van der Waals surface area contributed by atoms with Gasteiger partial charge in [0.2, 0.25) is 0 Å². The number of amides is 1. The summed E-state index contributed by atoms with van der Waals surface area (Å²) in [6.45, 7) is 6.91. The molecule has 0 aromatic heterocycles. The standard InChI is InChI=1S/C17H25NO3/c1-4-14-12-21-17(5-2,6-3)18(14)16(19)13-20-15-10-8-7-9-11-15/h7-11,14H,4-6,12-13H2,1-3H3. The summed E-state index contributed by atoms with van der Waals surface area (Å²) >= 11 is 0. The number of ether oxygens (including phenoxy) is 2. The lowest BCUT2D eigenvalue weighted by molar-refractivity contribution is -0.155. The smallest absolute Gasteiger partial charge is 0.263 e. The number of hydrogen-bond acceptors (Lipinski definition) is 3. The molecular weight excluding hydrogens is 266 g/mol. The minimum atomic E-state index is -0.461. The van der Waals surface area contributed by atoms with Crippen LogP contribution in [0.25, 0.3) is 0 Å². The van der Waals surface area contributed by atoms with E-state index in [4.69, 9.17) is 9.47 Å². The fourth-order valence-electron chi connectivity index (χ4n) is 2.99. The third-order valence-corrected chi connectivity index (χ3v) is 4.30. The summed E-state index contributed by atoms with van der Waals surface area (Å²) in [7, 11) is 0. The first-order valence-electron chi connectivity index (χ1n) is 7.80. The molecule has 1 aromatic carbocycles. The van der Waals surface area contributed by atoms with Gasteiger partial charge in [-0.3, -0.25) is 4.79 Å². The van der Waals surface area contributed by atoms with Gasteiger partial charge in [-0.25, -0.2) is 0 Å². The quantitative estimate of drug-likeness (QED) is 0.808. The molecule has 1 aliphatic heterocycles. The van der Waals surface area contributed by atoms with E-state index in [1.807, 2.05) is 35.2 Å². The molecule has 4 heteroatoms. The third kappa shape index (κ3) is 3.21. The highest BCUT2D eigenvalue weighted by Gasteiger charge is 2.47. The van der Waals surface area contributed by atoms with Crippen LogP contribution in [-0.4, -0.2) is 35.8 Å². The molecule has 0 aliphatic carbocycles. The van der Waals surface area contributed by atoms with E-state index in [1.165, 1.54) is 0 Å². The van der Waals surface area contributed by atoms with Gasteiger partial charge < -0.3 is 14.4 Å². The van der Waals surface area contributed by atoms with E-state index in [1.54, 1.807) is 0 Å². The Morgan fingerprint density at radius 2 is 1.95 bits per heavy atom. The second-order valence-electron chi connectivity index (χ2n) is 5.39. The highest BCUT2D eigenvalue weighted by Crippen LogP contribution is 2.35. The molecule has 1 unspecified atom stereocenters. The summed E-state index contributed by atoms with van der Waals surface area (Å²) in [6.07, 6.45) is 2.51. The van der Waals surface area contributed by atoms with Crippen LogP contribution in [0.2, 0.25) is 0 Å². The molecule has 1 aliphatic rings. The predicted molar refractivity (Wildman–Crippen MR) is 82.1 cm³/mol. The Bertz CT molecular complexity index is 456. The highest BCUT2D eigenvalue weighted by atomic mass is 16.5. The van der Waals surface area contributed by atoms with Crippen molar-refractivity contribution in [3.05, 3.63) is 30.3 Å². The number of rotatable bonds is 6. The second kappa shape index (κ2) is 6.94. The van der Waals surface area contributed by atoms with Crippen LogP contribution < -0.4 is 4.74 Å². The molecule has 1 fully saturated rings. The minimum absolute atomic E-state index is 0.00639. The summed E-state index contributed by atoms with van der Waals surface area (Å²) < 4.78 is 11.6. The van der Waals surface area contributed by atoms with Crippen LogP contribution >= 0.6 is 0 Å². The van der Waals surface area contributed by atoms with Crippen molar-refractivity contribution in [2.75, 3.05) is 13.2 Å². The molecule has 0 radical (unpaired) electrons. The molecule has 4 nitrogen and oxygen atoms in total. The molecular formula is C17H25NO3. The molecule has 0 bridgehead atoms. The van der Waals surface area contributed by atoms with Crippen molar-refractivity contribution in [1.82, 2.24) is 4.90 Å². The fraction of sp³-hybridized carbons (Fsp3) is 0.588. The summed E-state index contributed by atoms with van der Waals surface area (Å²) in [6, 6.07) is 9.59. The summed E-state index contributed by atoms with van der Waals surface area (Å²) in [5, 5.41) is 0. The van der Waals surface area contributed by atoms with Crippen molar-refractivity contribution in [1.29, 1.82) is 0 Å². The maximum Gasteiger partial charge on any atom is 0.263 e. The van der Waals surface area contributed by atoms with E-state index in [-0.39, 0.29) is 18.6 Å². The minimum Gasteiger partial charge on any atom is -0.484 e. The Kier molecular flexibility index (Phi) is 5.23. The number of carbonyl (C=O) groups is 1. The molecule has 2 rings (SSSR count). The first-order valence-corrected chi connectivity index (χ1v) is 7.80. The van der Waals surface area contributed by atoms with Crippen molar-refractivity contribution >= 4 is 5.91 Å². The molecule has 1 heterocycles. The normalized spacial score (nSPS) is 20.5. The molecule has 1 saturated heterocycles. The van der Waals surface area contributed by atoms with Gasteiger partial charge in [-0.15, -0.1) is 0 Å². The van der Waals surface area contributed by atoms with E-state index >= 15 is 0 Å². The average molecular weight is 291 g/mol. The van der Waals surface area contributed by atoms with Gasteiger partial charge in [0.05, 0.1) is 12.6 Å². The number of hydrogen-bond donors (Lipinski definition) is 0. The van der Waals surface area contributed by atoms with Gasteiger partial charge in [0, 0.05) is 0 Å². The summed E-state index contributed by atoms with van der Waals surface area (Å²) in [5.74, 6) is 0.726.